The monoisotopic (exact) mass is 356 g/mol. The summed E-state index contributed by atoms with van der Waals surface area (Å²) in [6.45, 7) is 3.75. The lowest BCUT2D eigenvalue weighted by Gasteiger charge is -2.18. The molecule has 0 aliphatic heterocycles. The topological polar surface area (TPSA) is 67.9 Å². The lowest BCUT2D eigenvalue weighted by atomic mass is 10.1. The second-order valence-electron chi connectivity index (χ2n) is 6.01. The number of rotatable bonds is 7. The molecule has 0 fully saturated rings. The first kappa shape index (κ1) is 19.3. The Morgan fingerprint density at radius 3 is 2.35 bits per heavy atom. The molecule has 6 heteroatoms. The van der Waals surface area contributed by atoms with E-state index in [0.29, 0.717) is 11.5 Å². The SMILES string of the molecule is COc1ccc(OCC(=O)N(C)CC(=O)Nc2cccc(C)c2C)cc1. The molecule has 6 nitrogen and oxygen atoms in total. The van der Waals surface area contributed by atoms with Crippen LogP contribution in [0.4, 0.5) is 5.69 Å². The standard InChI is InChI=1S/C20H24N2O4/c1-14-6-5-7-18(15(14)2)21-19(23)12-22(3)20(24)13-26-17-10-8-16(25-4)9-11-17/h5-11H,12-13H2,1-4H3,(H,21,23). The molecule has 2 aromatic rings. The van der Waals surface area contributed by atoms with E-state index in [0.717, 1.165) is 16.8 Å². The van der Waals surface area contributed by atoms with Gasteiger partial charge in [-0.3, -0.25) is 9.59 Å². The summed E-state index contributed by atoms with van der Waals surface area (Å²) in [6, 6.07) is 12.7. The number of benzene rings is 2. The van der Waals surface area contributed by atoms with Crippen LogP contribution in [0.5, 0.6) is 11.5 Å². The van der Waals surface area contributed by atoms with Gasteiger partial charge in [-0.1, -0.05) is 12.1 Å². The van der Waals surface area contributed by atoms with Gasteiger partial charge in [0.15, 0.2) is 6.61 Å². The zero-order chi connectivity index (χ0) is 19.1. The third-order valence-corrected chi connectivity index (χ3v) is 4.11. The van der Waals surface area contributed by atoms with Gasteiger partial charge in [-0.15, -0.1) is 0 Å². The van der Waals surface area contributed by atoms with Crippen LogP contribution >= 0.6 is 0 Å². The predicted octanol–water partition coefficient (Wildman–Crippen LogP) is 2.79. The second kappa shape index (κ2) is 8.89. The van der Waals surface area contributed by atoms with Gasteiger partial charge in [0.25, 0.3) is 5.91 Å². The summed E-state index contributed by atoms with van der Waals surface area (Å²) in [5.41, 5.74) is 2.86. The van der Waals surface area contributed by atoms with Crippen LogP contribution in [-0.4, -0.2) is 44.0 Å². The Bertz CT molecular complexity index is 772. The van der Waals surface area contributed by atoms with Crippen molar-refractivity contribution in [1.82, 2.24) is 4.90 Å². The fraction of sp³-hybridized carbons (Fsp3) is 0.300. The van der Waals surface area contributed by atoms with Crippen molar-refractivity contribution in [2.75, 3.05) is 32.6 Å². The molecule has 0 aliphatic rings. The van der Waals surface area contributed by atoms with E-state index in [4.69, 9.17) is 9.47 Å². The van der Waals surface area contributed by atoms with E-state index in [1.54, 1.807) is 38.4 Å². The van der Waals surface area contributed by atoms with Crippen molar-refractivity contribution < 1.29 is 19.1 Å². The van der Waals surface area contributed by atoms with Gasteiger partial charge in [0, 0.05) is 12.7 Å². The van der Waals surface area contributed by atoms with Crippen LogP contribution in [-0.2, 0) is 9.59 Å². The molecule has 0 aliphatic carbocycles. The van der Waals surface area contributed by atoms with Crippen LogP contribution < -0.4 is 14.8 Å². The third kappa shape index (κ3) is 5.24. The summed E-state index contributed by atoms with van der Waals surface area (Å²) in [7, 11) is 3.15. The molecule has 0 heterocycles. The summed E-state index contributed by atoms with van der Waals surface area (Å²) in [5, 5.41) is 2.84. The fourth-order valence-electron chi connectivity index (χ4n) is 2.31. The van der Waals surface area contributed by atoms with E-state index in [-0.39, 0.29) is 25.0 Å². The molecule has 1 N–H and O–H groups in total. The first-order chi connectivity index (χ1) is 12.4. The first-order valence-electron chi connectivity index (χ1n) is 8.27. The lowest BCUT2D eigenvalue weighted by Crippen LogP contribution is -2.37. The minimum Gasteiger partial charge on any atom is -0.497 e. The highest BCUT2D eigenvalue weighted by atomic mass is 16.5. The summed E-state index contributed by atoms with van der Waals surface area (Å²) in [4.78, 5) is 25.7. The number of likely N-dealkylation sites (N-methyl/N-ethyl adjacent to an activating group) is 1. The number of carbonyl (C=O) groups is 2. The Morgan fingerprint density at radius 1 is 1.04 bits per heavy atom. The van der Waals surface area contributed by atoms with Crippen molar-refractivity contribution in [1.29, 1.82) is 0 Å². The van der Waals surface area contributed by atoms with Crippen molar-refractivity contribution in [2.24, 2.45) is 0 Å². The van der Waals surface area contributed by atoms with Crippen molar-refractivity contribution in [3.8, 4) is 11.5 Å². The van der Waals surface area contributed by atoms with Crippen LogP contribution in [0.2, 0.25) is 0 Å². The molecule has 2 rings (SSSR count). The van der Waals surface area contributed by atoms with Crippen LogP contribution in [0.3, 0.4) is 0 Å². The number of nitrogens with zero attached hydrogens (tertiary/aromatic N) is 1. The van der Waals surface area contributed by atoms with E-state index < -0.39 is 0 Å². The van der Waals surface area contributed by atoms with Crippen LogP contribution in [0, 0.1) is 13.8 Å². The molecule has 0 unspecified atom stereocenters. The molecule has 138 valence electrons. The van der Waals surface area contributed by atoms with Crippen molar-refractivity contribution in [2.45, 2.75) is 13.8 Å². The summed E-state index contributed by atoms with van der Waals surface area (Å²) in [5.74, 6) is 0.743. The second-order valence-corrected chi connectivity index (χ2v) is 6.01. The van der Waals surface area contributed by atoms with Gasteiger partial charge in [0.05, 0.1) is 13.7 Å². The highest BCUT2D eigenvalue weighted by Gasteiger charge is 2.14. The zero-order valence-electron chi connectivity index (χ0n) is 15.5. The highest BCUT2D eigenvalue weighted by molar-refractivity contribution is 5.95. The first-order valence-corrected chi connectivity index (χ1v) is 8.27. The molecular weight excluding hydrogens is 332 g/mol. The molecule has 2 aromatic carbocycles. The largest absolute Gasteiger partial charge is 0.497 e. The third-order valence-electron chi connectivity index (χ3n) is 4.11. The molecular formula is C20H24N2O4. The predicted molar refractivity (Wildman–Crippen MR) is 101 cm³/mol. The van der Waals surface area contributed by atoms with E-state index in [1.807, 2.05) is 32.0 Å². The fourth-order valence-corrected chi connectivity index (χ4v) is 2.31. The van der Waals surface area contributed by atoms with E-state index >= 15 is 0 Å². The quantitative estimate of drug-likeness (QED) is 0.828. The molecule has 2 amide bonds. The Kier molecular flexibility index (Phi) is 6.60. The van der Waals surface area contributed by atoms with Gasteiger partial charge in [0.2, 0.25) is 5.91 Å². The van der Waals surface area contributed by atoms with Crippen LogP contribution in [0.1, 0.15) is 11.1 Å². The van der Waals surface area contributed by atoms with Gasteiger partial charge in [0.1, 0.15) is 11.5 Å². The average molecular weight is 356 g/mol. The molecule has 0 atom stereocenters. The molecule has 0 saturated carbocycles. The van der Waals surface area contributed by atoms with E-state index in [2.05, 4.69) is 5.32 Å². The maximum Gasteiger partial charge on any atom is 0.260 e. The van der Waals surface area contributed by atoms with Gasteiger partial charge < -0.3 is 19.7 Å². The Labute approximate surface area is 153 Å². The number of ether oxygens (including phenoxy) is 2. The Morgan fingerprint density at radius 2 is 1.69 bits per heavy atom. The molecule has 0 saturated heterocycles. The number of nitrogens with one attached hydrogen (secondary N) is 1. The van der Waals surface area contributed by atoms with E-state index in [9.17, 15) is 9.59 Å². The van der Waals surface area contributed by atoms with Crippen LogP contribution in [0.25, 0.3) is 0 Å². The van der Waals surface area contributed by atoms with Crippen molar-refractivity contribution in [3.05, 3.63) is 53.6 Å². The Hall–Kier alpha value is -3.02. The smallest absolute Gasteiger partial charge is 0.260 e. The molecule has 26 heavy (non-hydrogen) atoms. The number of anilines is 1. The molecule has 0 spiro atoms. The van der Waals surface area contributed by atoms with E-state index in [1.165, 1.54) is 4.90 Å². The number of carbonyl (C=O) groups excluding carboxylic acids is 2. The molecule has 0 bridgehead atoms. The summed E-state index contributed by atoms with van der Waals surface area (Å²) >= 11 is 0. The van der Waals surface area contributed by atoms with Crippen molar-refractivity contribution >= 4 is 17.5 Å². The molecule has 0 radical (unpaired) electrons. The molecule has 0 aromatic heterocycles. The average Bonchev–Trinajstić information content (AvgIpc) is 2.63. The Balaban J connectivity index is 1.83. The summed E-state index contributed by atoms with van der Waals surface area (Å²) in [6.07, 6.45) is 0. The van der Waals surface area contributed by atoms with Gasteiger partial charge in [-0.25, -0.2) is 0 Å². The number of methoxy groups -OCH3 is 1. The minimum absolute atomic E-state index is 0.0435. The van der Waals surface area contributed by atoms with Gasteiger partial charge in [-0.2, -0.15) is 0 Å². The normalized spacial score (nSPS) is 10.2. The minimum atomic E-state index is -0.281. The van der Waals surface area contributed by atoms with Crippen molar-refractivity contribution in [3.63, 3.8) is 0 Å². The number of hydrogen-bond acceptors (Lipinski definition) is 4. The number of amides is 2. The number of hydrogen-bond donors (Lipinski definition) is 1. The summed E-state index contributed by atoms with van der Waals surface area (Å²) < 4.78 is 10.5. The maximum atomic E-state index is 12.2. The highest BCUT2D eigenvalue weighted by Crippen LogP contribution is 2.18. The van der Waals surface area contributed by atoms with Gasteiger partial charge >= 0.3 is 0 Å². The number of aryl methyl sites for hydroxylation is 1. The van der Waals surface area contributed by atoms with Crippen LogP contribution in [0.15, 0.2) is 42.5 Å². The maximum absolute atomic E-state index is 12.2. The zero-order valence-corrected chi connectivity index (χ0v) is 15.5. The lowest BCUT2D eigenvalue weighted by molar-refractivity contribution is -0.135. The van der Waals surface area contributed by atoms with Gasteiger partial charge in [-0.05, 0) is 55.3 Å².